The molecule has 0 heterocycles. The minimum Gasteiger partial charge on any atom is -0.496 e. The van der Waals surface area contributed by atoms with E-state index in [4.69, 9.17) is 15.2 Å². The highest BCUT2D eigenvalue weighted by molar-refractivity contribution is 5.83. The Bertz CT molecular complexity index is 860. The van der Waals surface area contributed by atoms with E-state index in [-0.39, 0.29) is 0 Å². The van der Waals surface area contributed by atoms with Gasteiger partial charge in [0, 0.05) is 12.8 Å². The molecule has 182 valence electrons. The van der Waals surface area contributed by atoms with Gasteiger partial charge in [-0.2, -0.15) is 0 Å². The van der Waals surface area contributed by atoms with Crippen molar-refractivity contribution in [1.82, 2.24) is 0 Å². The lowest BCUT2D eigenvalue weighted by molar-refractivity contribution is -0.118. The van der Waals surface area contributed by atoms with Crippen LogP contribution >= 0.6 is 0 Å². The lowest BCUT2D eigenvalue weighted by Gasteiger charge is -2.25. The number of ketones is 1. The second-order valence-electron chi connectivity index (χ2n) is 8.95. The number of hydrogen-bond donors (Lipinski definition) is 1. The van der Waals surface area contributed by atoms with Crippen LogP contribution < -0.4 is 15.2 Å². The van der Waals surface area contributed by atoms with Crippen molar-refractivity contribution in [3.8, 4) is 11.5 Å². The minimum absolute atomic E-state index is 0.334. The lowest BCUT2D eigenvalue weighted by atomic mass is 9.81. The maximum atomic E-state index is 11.2. The van der Waals surface area contributed by atoms with Gasteiger partial charge in [0.2, 0.25) is 0 Å². The fourth-order valence-corrected chi connectivity index (χ4v) is 4.59. The molecule has 2 N–H and O–H groups in total. The zero-order chi connectivity index (χ0) is 24.1. The number of carbonyl (C=O) groups is 1. The summed E-state index contributed by atoms with van der Waals surface area (Å²) in [4.78, 5) is 11.2. The molecule has 0 amide bonds. The topological polar surface area (TPSA) is 61.6 Å². The van der Waals surface area contributed by atoms with Crippen molar-refractivity contribution in [2.45, 2.75) is 78.1 Å². The number of unbranched alkanes of at least 4 members (excludes halogenated alkanes) is 1. The smallest absolute Gasteiger partial charge is 0.137 e. The Kier molecular flexibility index (Phi) is 12.0. The molecule has 1 unspecified atom stereocenters. The molecule has 0 saturated heterocycles. The molecule has 2 aromatic rings. The number of benzene rings is 2. The van der Waals surface area contributed by atoms with Gasteiger partial charge in [0.25, 0.3) is 0 Å². The van der Waals surface area contributed by atoms with E-state index >= 15 is 0 Å². The Hall–Kier alpha value is -2.33. The molecule has 0 radical (unpaired) electrons. The van der Waals surface area contributed by atoms with Gasteiger partial charge in [-0.1, -0.05) is 57.4 Å². The van der Waals surface area contributed by atoms with Crippen molar-refractivity contribution >= 4 is 5.78 Å². The Balaban J connectivity index is 0.000000204. The van der Waals surface area contributed by atoms with E-state index in [9.17, 15) is 4.79 Å². The molecule has 2 aromatic carbocycles. The van der Waals surface area contributed by atoms with Crippen molar-refractivity contribution < 1.29 is 14.3 Å². The van der Waals surface area contributed by atoms with E-state index in [1.807, 2.05) is 18.2 Å². The zero-order valence-electron chi connectivity index (χ0n) is 21.1. The van der Waals surface area contributed by atoms with Crippen LogP contribution in [-0.4, -0.2) is 26.5 Å². The third-order valence-corrected chi connectivity index (χ3v) is 6.51. The molecule has 2 aliphatic rings. The number of carbonyl (C=O) groups excluding carboxylic acids is 1. The summed E-state index contributed by atoms with van der Waals surface area (Å²) in [6.45, 7) is 5.15. The number of methoxy groups -OCH3 is 2. The van der Waals surface area contributed by atoms with Crippen LogP contribution in [0.5, 0.6) is 11.5 Å². The monoisotopic (exact) mass is 453 g/mol. The van der Waals surface area contributed by atoms with Gasteiger partial charge in [-0.25, -0.2) is 0 Å². The number of fused-ring (bicyclic) bond motifs is 2. The second-order valence-corrected chi connectivity index (χ2v) is 8.95. The third kappa shape index (κ3) is 8.19. The predicted octanol–water partition coefficient (Wildman–Crippen LogP) is 6.10. The normalized spacial score (nSPS) is 16.3. The average Bonchev–Trinajstić information content (AvgIpc) is 2.86. The first-order valence-electron chi connectivity index (χ1n) is 12.6. The van der Waals surface area contributed by atoms with E-state index in [1.165, 1.54) is 55.2 Å². The van der Waals surface area contributed by atoms with Gasteiger partial charge in [0.15, 0.2) is 0 Å². The maximum absolute atomic E-state index is 11.2. The molecule has 1 atom stereocenters. The molecule has 0 bridgehead atoms. The molecule has 0 saturated carbocycles. The maximum Gasteiger partial charge on any atom is 0.137 e. The van der Waals surface area contributed by atoms with Crippen molar-refractivity contribution in [2.75, 3.05) is 20.8 Å². The molecule has 0 spiro atoms. The van der Waals surface area contributed by atoms with E-state index in [1.54, 1.807) is 14.2 Å². The van der Waals surface area contributed by atoms with Crippen LogP contribution in [0.3, 0.4) is 0 Å². The number of hydrogen-bond acceptors (Lipinski definition) is 4. The van der Waals surface area contributed by atoms with E-state index < -0.39 is 0 Å². The summed E-state index contributed by atoms with van der Waals surface area (Å²) in [5, 5.41) is 0. The fourth-order valence-electron chi connectivity index (χ4n) is 4.59. The second kappa shape index (κ2) is 14.7. The van der Waals surface area contributed by atoms with Gasteiger partial charge in [-0.05, 0) is 79.0 Å². The molecular weight excluding hydrogens is 410 g/mol. The Morgan fingerprint density at radius 1 is 0.879 bits per heavy atom. The van der Waals surface area contributed by atoms with Gasteiger partial charge in [-0.15, -0.1) is 0 Å². The first kappa shape index (κ1) is 26.9. The predicted molar refractivity (Wildman–Crippen MR) is 137 cm³/mol. The van der Waals surface area contributed by atoms with Crippen molar-refractivity contribution in [3.05, 3.63) is 58.7 Å². The Morgan fingerprint density at radius 2 is 1.48 bits per heavy atom. The summed E-state index contributed by atoms with van der Waals surface area (Å²) >= 11 is 0. The molecule has 4 rings (SSSR count). The molecule has 0 aromatic heterocycles. The van der Waals surface area contributed by atoms with E-state index in [0.29, 0.717) is 18.6 Å². The average molecular weight is 454 g/mol. The van der Waals surface area contributed by atoms with Crippen molar-refractivity contribution in [2.24, 2.45) is 11.7 Å². The molecule has 4 nitrogen and oxygen atoms in total. The zero-order valence-corrected chi connectivity index (χ0v) is 21.1. The van der Waals surface area contributed by atoms with Crippen LogP contribution in [0.1, 0.15) is 74.6 Å². The molecule has 0 aliphatic heterocycles. The molecular formula is C29H43NO3. The summed E-state index contributed by atoms with van der Waals surface area (Å²) < 4.78 is 10.7. The lowest BCUT2D eigenvalue weighted by Crippen LogP contribution is -2.15. The number of Topliss-reactive ketones (excluding diaryl/α,β-unsaturated/α-hetero) is 1. The minimum atomic E-state index is 0.334. The fraction of sp³-hybridized carbons (Fsp3) is 0.552. The van der Waals surface area contributed by atoms with Crippen molar-refractivity contribution in [3.63, 3.8) is 0 Å². The van der Waals surface area contributed by atoms with Crippen LogP contribution in [-0.2, 0) is 30.5 Å². The van der Waals surface area contributed by atoms with E-state index in [0.717, 1.165) is 42.4 Å². The molecule has 2 aliphatic carbocycles. The standard InChI is InChI=1S/C15H22O.C11H12O2.C3H9N/c1-3-4-6-12-9-10-14-13(11-12)7-5-8-15(14)16-2;1-13-11-4-2-3-8-7-9(12)5-6-10(8)11;1-2-3-4/h5,7-8,12H,3-4,6,9-11H2,1-2H3;2-4H,5-7H2,1H3;2-4H2,1H3. The molecule has 4 heteroatoms. The largest absolute Gasteiger partial charge is 0.496 e. The highest BCUT2D eigenvalue weighted by atomic mass is 16.5. The van der Waals surface area contributed by atoms with Gasteiger partial charge in [-0.3, -0.25) is 4.79 Å². The summed E-state index contributed by atoms with van der Waals surface area (Å²) in [5.74, 6) is 3.25. The summed E-state index contributed by atoms with van der Waals surface area (Å²) in [6.07, 6.45) is 11.1. The number of nitrogens with two attached hydrogens (primary N) is 1. The van der Waals surface area contributed by atoms with Crippen LogP contribution in [0.15, 0.2) is 36.4 Å². The van der Waals surface area contributed by atoms with Crippen LogP contribution in [0, 0.1) is 5.92 Å². The van der Waals surface area contributed by atoms with Gasteiger partial charge in [0.1, 0.15) is 17.3 Å². The van der Waals surface area contributed by atoms with Crippen LogP contribution in [0.2, 0.25) is 0 Å². The first-order chi connectivity index (χ1) is 16.1. The third-order valence-electron chi connectivity index (χ3n) is 6.51. The van der Waals surface area contributed by atoms with Gasteiger partial charge < -0.3 is 15.2 Å². The SMILES string of the molecule is CCCCC1CCc2c(cccc2OC)C1.CCCN.COc1cccc2c1CCC(=O)C2. The molecule has 33 heavy (non-hydrogen) atoms. The highest BCUT2D eigenvalue weighted by Crippen LogP contribution is 2.33. The van der Waals surface area contributed by atoms with Gasteiger partial charge in [0.05, 0.1) is 14.2 Å². The molecule has 0 fully saturated rings. The number of rotatable bonds is 6. The Labute approximate surface area is 200 Å². The number of ether oxygens (including phenoxy) is 2. The quantitative estimate of drug-likeness (QED) is 0.574. The van der Waals surface area contributed by atoms with Gasteiger partial charge >= 0.3 is 0 Å². The van der Waals surface area contributed by atoms with Crippen LogP contribution in [0.4, 0.5) is 0 Å². The van der Waals surface area contributed by atoms with Crippen molar-refractivity contribution in [1.29, 1.82) is 0 Å². The first-order valence-corrected chi connectivity index (χ1v) is 12.6. The Morgan fingerprint density at radius 3 is 2.06 bits per heavy atom. The van der Waals surface area contributed by atoms with Crippen LogP contribution in [0.25, 0.3) is 0 Å². The summed E-state index contributed by atoms with van der Waals surface area (Å²) in [5.41, 5.74) is 10.4. The highest BCUT2D eigenvalue weighted by Gasteiger charge is 2.20. The summed E-state index contributed by atoms with van der Waals surface area (Å²) in [6, 6.07) is 12.4. The summed E-state index contributed by atoms with van der Waals surface area (Å²) in [7, 11) is 3.45. The van der Waals surface area contributed by atoms with E-state index in [2.05, 4.69) is 32.0 Å².